The maximum absolute atomic E-state index is 12.7. The van der Waals surface area contributed by atoms with Gasteiger partial charge < -0.3 is 14.5 Å². The van der Waals surface area contributed by atoms with E-state index in [9.17, 15) is 4.79 Å². The van der Waals surface area contributed by atoms with E-state index in [0.717, 1.165) is 20.8 Å². The number of nitrogens with zero attached hydrogens (tertiary/aromatic N) is 1. The molecule has 0 radical (unpaired) electrons. The number of aromatic nitrogens is 2. The van der Waals surface area contributed by atoms with Gasteiger partial charge in [-0.05, 0) is 29.6 Å². The maximum Gasteiger partial charge on any atom is 0.260 e. The van der Waals surface area contributed by atoms with Crippen LogP contribution in [0.2, 0.25) is 0 Å². The first kappa shape index (κ1) is 15.9. The van der Waals surface area contributed by atoms with Crippen LogP contribution in [0.15, 0.2) is 45.9 Å². The molecule has 1 N–H and O–H groups in total. The average molecular weight is 370 g/mol. The predicted octanol–water partition coefficient (Wildman–Crippen LogP) is 4.40. The fourth-order valence-corrected chi connectivity index (χ4v) is 4.44. The molecule has 3 heterocycles. The molecule has 0 atom stereocenters. The molecule has 126 valence electrons. The number of aromatic amines is 1. The van der Waals surface area contributed by atoms with Gasteiger partial charge in [0, 0.05) is 21.4 Å². The van der Waals surface area contributed by atoms with E-state index < -0.39 is 0 Å². The third kappa shape index (κ3) is 2.71. The monoisotopic (exact) mass is 370 g/mol. The molecular weight excluding hydrogens is 356 g/mol. The zero-order valence-corrected chi connectivity index (χ0v) is 15.2. The minimum absolute atomic E-state index is 0.139. The van der Waals surface area contributed by atoms with Crippen LogP contribution in [0.3, 0.4) is 0 Å². The van der Waals surface area contributed by atoms with Gasteiger partial charge in [-0.15, -0.1) is 22.7 Å². The number of fused-ring (bicyclic) bond motifs is 1. The van der Waals surface area contributed by atoms with E-state index in [4.69, 9.17) is 9.47 Å². The number of nitrogens with one attached hydrogen (secondary N) is 1. The molecule has 3 aromatic heterocycles. The molecular formula is C18H14N2O3S2. The average Bonchev–Trinajstić information content (AvgIpc) is 3.30. The number of benzene rings is 1. The summed E-state index contributed by atoms with van der Waals surface area (Å²) >= 11 is 3.08. The second kappa shape index (κ2) is 6.34. The van der Waals surface area contributed by atoms with Gasteiger partial charge in [-0.25, -0.2) is 4.98 Å². The summed E-state index contributed by atoms with van der Waals surface area (Å²) in [7, 11) is 3.16. The van der Waals surface area contributed by atoms with Crippen LogP contribution in [0.5, 0.6) is 11.5 Å². The molecule has 4 rings (SSSR count). The van der Waals surface area contributed by atoms with E-state index in [0.29, 0.717) is 22.7 Å². The molecule has 0 aliphatic heterocycles. The molecule has 0 saturated heterocycles. The Kier molecular flexibility index (Phi) is 4.03. The van der Waals surface area contributed by atoms with Gasteiger partial charge in [0.1, 0.15) is 10.7 Å². The summed E-state index contributed by atoms with van der Waals surface area (Å²) in [6.45, 7) is 0. The molecule has 0 aliphatic carbocycles. The van der Waals surface area contributed by atoms with Crippen LogP contribution >= 0.6 is 22.7 Å². The second-order valence-corrected chi connectivity index (χ2v) is 7.10. The van der Waals surface area contributed by atoms with Crippen molar-refractivity contribution in [1.29, 1.82) is 0 Å². The van der Waals surface area contributed by atoms with Crippen LogP contribution in [0.1, 0.15) is 0 Å². The first-order valence-corrected chi connectivity index (χ1v) is 9.25. The van der Waals surface area contributed by atoms with Crippen molar-refractivity contribution in [3.05, 3.63) is 51.4 Å². The summed E-state index contributed by atoms with van der Waals surface area (Å²) in [5.41, 5.74) is 1.56. The molecule has 7 heteroatoms. The third-order valence-electron chi connectivity index (χ3n) is 3.89. The zero-order chi connectivity index (χ0) is 17.4. The van der Waals surface area contributed by atoms with E-state index in [1.807, 2.05) is 29.0 Å². The topological polar surface area (TPSA) is 64.2 Å². The smallest absolute Gasteiger partial charge is 0.260 e. The Labute approximate surface area is 151 Å². The highest BCUT2D eigenvalue weighted by molar-refractivity contribution is 7.18. The molecule has 1 aromatic carbocycles. The van der Waals surface area contributed by atoms with Crippen molar-refractivity contribution < 1.29 is 9.47 Å². The molecule has 0 saturated carbocycles. The van der Waals surface area contributed by atoms with Crippen LogP contribution in [0.25, 0.3) is 32.0 Å². The molecule has 25 heavy (non-hydrogen) atoms. The number of H-pyrrole nitrogens is 1. The Morgan fingerprint density at radius 2 is 1.92 bits per heavy atom. The summed E-state index contributed by atoms with van der Waals surface area (Å²) in [4.78, 5) is 22.0. The van der Waals surface area contributed by atoms with E-state index in [1.165, 1.54) is 11.3 Å². The van der Waals surface area contributed by atoms with Gasteiger partial charge in [0.15, 0.2) is 11.5 Å². The molecule has 0 bridgehead atoms. The van der Waals surface area contributed by atoms with Crippen LogP contribution in [0, 0.1) is 0 Å². The quantitative estimate of drug-likeness (QED) is 0.578. The molecule has 0 aliphatic rings. The fourth-order valence-electron chi connectivity index (χ4n) is 2.68. The van der Waals surface area contributed by atoms with Crippen LogP contribution in [0.4, 0.5) is 0 Å². The summed E-state index contributed by atoms with van der Waals surface area (Å²) in [5, 5.41) is 4.62. The third-order valence-corrected chi connectivity index (χ3v) is 5.66. The number of thiophene rings is 2. The van der Waals surface area contributed by atoms with Crippen molar-refractivity contribution >= 4 is 32.9 Å². The number of methoxy groups -OCH3 is 2. The Morgan fingerprint density at radius 1 is 1.08 bits per heavy atom. The molecule has 0 unspecified atom stereocenters. The molecule has 5 nitrogen and oxygen atoms in total. The van der Waals surface area contributed by atoms with Crippen LogP contribution in [-0.2, 0) is 0 Å². The Hall–Kier alpha value is -2.64. The summed E-state index contributed by atoms with van der Waals surface area (Å²) < 4.78 is 10.6. The Bertz CT molecular complexity index is 1100. The lowest BCUT2D eigenvalue weighted by molar-refractivity contribution is 0.355. The minimum atomic E-state index is -0.139. The highest BCUT2D eigenvalue weighted by Gasteiger charge is 2.15. The molecule has 0 fully saturated rings. The van der Waals surface area contributed by atoms with Gasteiger partial charge in [-0.3, -0.25) is 4.79 Å². The highest BCUT2D eigenvalue weighted by atomic mass is 32.1. The van der Waals surface area contributed by atoms with Gasteiger partial charge in [-0.1, -0.05) is 6.07 Å². The van der Waals surface area contributed by atoms with Gasteiger partial charge >= 0.3 is 0 Å². The lowest BCUT2D eigenvalue weighted by Gasteiger charge is -2.09. The Balaban J connectivity index is 1.87. The lowest BCUT2D eigenvalue weighted by atomic mass is 10.1. The Morgan fingerprint density at radius 3 is 2.64 bits per heavy atom. The number of rotatable bonds is 4. The standard InChI is InChI=1S/C18H14N2O3S2/c1-22-12-6-5-10(8-13(12)23-2)16-19-17(21)15-11(9-25-18(15)20-16)14-4-3-7-24-14/h3-9H,1-2H3,(H,19,20,21). The summed E-state index contributed by atoms with van der Waals surface area (Å²) in [5.74, 6) is 1.73. The van der Waals surface area contributed by atoms with Crippen molar-refractivity contribution in [3.8, 4) is 33.3 Å². The van der Waals surface area contributed by atoms with E-state index in [2.05, 4.69) is 9.97 Å². The number of hydrogen-bond acceptors (Lipinski definition) is 6. The van der Waals surface area contributed by atoms with Crippen molar-refractivity contribution in [2.45, 2.75) is 0 Å². The molecule has 0 spiro atoms. The first-order valence-electron chi connectivity index (χ1n) is 7.49. The molecule has 4 aromatic rings. The van der Waals surface area contributed by atoms with Gasteiger partial charge in [0.25, 0.3) is 5.56 Å². The fraction of sp³-hybridized carbons (Fsp3) is 0.111. The van der Waals surface area contributed by atoms with Crippen LogP contribution < -0.4 is 15.0 Å². The van der Waals surface area contributed by atoms with E-state index in [1.54, 1.807) is 37.7 Å². The van der Waals surface area contributed by atoms with Crippen molar-refractivity contribution in [2.24, 2.45) is 0 Å². The van der Waals surface area contributed by atoms with Crippen molar-refractivity contribution in [1.82, 2.24) is 9.97 Å². The predicted molar refractivity (Wildman–Crippen MR) is 102 cm³/mol. The molecule has 0 amide bonds. The van der Waals surface area contributed by atoms with Gasteiger partial charge in [0.2, 0.25) is 0 Å². The van der Waals surface area contributed by atoms with E-state index in [-0.39, 0.29) is 5.56 Å². The normalized spacial score (nSPS) is 11.0. The number of ether oxygens (including phenoxy) is 2. The maximum atomic E-state index is 12.7. The van der Waals surface area contributed by atoms with E-state index >= 15 is 0 Å². The summed E-state index contributed by atoms with van der Waals surface area (Å²) in [6.07, 6.45) is 0. The second-order valence-electron chi connectivity index (χ2n) is 5.29. The van der Waals surface area contributed by atoms with Gasteiger partial charge in [0.05, 0.1) is 19.6 Å². The van der Waals surface area contributed by atoms with Crippen molar-refractivity contribution in [3.63, 3.8) is 0 Å². The van der Waals surface area contributed by atoms with Gasteiger partial charge in [-0.2, -0.15) is 0 Å². The number of hydrogen-bond donors (Lipinski definition) is 1. The summed E-state index contributed by atoms with van der Waals surface area (Å²) in [6, 6.07) is 9.43. The SMILES string of the molecule is COc1ccc(-c2nc3scc(-c4cccs4)c3c(=O)[nH]2)cc1OC. The largest absolute Gasteiger partial charge is 0.493 e. The highest BCUT2D eigenvalue weighted by Crippen LogP contribution is 2.35. The van der Waals surface area contributed by atoms with Crippen LogP contribution in [-0.4, -0.2) is 24.2 Å². The van der Waals surface area contributed by atoms with Crippen molar-refractivity contribution in [2.75, 3.05) is 14.2 Å². The first-order chi connectivity index (χ1) is 12.2. The minimum Gasteiger partial charge on any atom is -0.493 e. The zero-order valence-electron chi connectivity index (χ0n) is 13.5. The lowest BCUT2D eigenvalue weighted by Crippen LogP contribution is -2.09.